The van der Waals surface area contributed by atoms with Crippen molar-refractivity contribution in [1.82, 2.24) is 9.78 Å². The molecule has 4 heteroatoms. The lowest BCUT2D eigenvalue weighted by molar-refractivity contribution is 0.473. The second kappa shape index (κ2) is 5.51. The van der Waals surface area contributed by atoms with Crippen molar-refractivity contribution in [3.8, 4) is 0 Å². The van der Waals surface area contributed by atoms with Gasteiger partial charge < -0.3 is 9.73 Å². The molecule has 0 aromatic carbocycles. The number of furan rings is 1. The van der Waals surface area contributed by atoms with Crippen LogP contribution in [0.5, 0.6) is 0 Å². The first-order chi connectivity index (χ1) is 9.04. The maximum atomic E-state index is 5.50. The van der Waals surface area contributed by atoms with Crippen molar-refractivity contribution in [3.63, 3.8) is 0 Å². The lowest BCUT2D eigenvalue weighted by Gasteiger charge is -2.16. The Morgan fingerprint density at radius 3 is 2.58 bits per heavy atom. The third-order valence-corrected chi connectivity index (χ3v) is 3.43. The van der Waals surface area contributed by atoms with Crippen LogP contribution in [0.4, 0.5) is 5.69 Å². The largest absolute Gasteiger partial charge is 0.467 e. The Balaban J connectivity index is 2.27. The molecule has 0 aliphatic rings. The number of nitrogens with one attached hydrogen (secondary N) is 1. The van der Waals surface area contributed by atoms with Gasteiger partial charge >= 0.3 is 0 Å². The molecule has 0 aliphatic heterocycles. The standard InChI is InChI=1S/C15H23N3O/c1-6-13(14-8-7-9-19-14)16-15-11(4)17-18(10(2)3)12(15)5/h7-10,13,16H,6H2,1-5H3. The number of hydrogen-bond donors (Lipinski definition) is 1. The van der Waals surface area contributed by atoms with Crippen molar-refractivity contribution >= 4 is 5.69 Å². The van der Waals surface area contributed by atoms with Gasteiger partial charge in [0.05, 0.1) is 29.4 Å². The number of aromatic nitrogens is 2. The lowest BCUT2D eigenvalue weighted by Crippen LogP contribution is -2.10. The molecule has 0 fully saturated rings. The van der Waals surface area contributed by atoms with Crippen LogP contribution in [-0.4, -0.2) is 9.78 Å². The molecule has 0 saturated heterocycles. The van der Waals surface area contributed by atoms with E-state index in [1.54, 1.807) is 6.26 Å². The smallest absolute Gasteiger partial charge is 0.125 e. The fourth-order valence-electron chi connectivity index (χ4n) is 2.41. The summed E-state index contributed by atoms with van der Waals surface area (Å²) in [6.45, 7) is 10.6. The second-order valence-corrected chi connectivity index (χ2v) is 5.20. The van der Waals surface area contributed by atoms with Gasteiger partial charge in [-0.25, -0.2) is 0 Å². The highest BCUT2D eigenvalue weighted by Gasteiger charge is 2.18. The molecular weight excluding hydrogens is 238 g/mol. The van der Waals surface area contributed by atoms with Crippen LogP contribution in [0.2, 0.25) is 0 Å². The van der Waals surface area contributed by atoms with E-state index in [0.29, 0.717) is 6.04 Å². The van der Waals surface area contributed by atoms with Crippen LogP contribution in [0.3, 0.4) is 0 Å². The van der Waals surface area contributed by atoms with E-state index in [9.17, 15) is 0 Å². The quantitative estimate of drug-likeness (QED) is 0.875. The Hall–Kier alpha value is -1.71. The molecule has 19 heavy (non-hydrogen) atoms. The van der Waals surface area contributed by atoms with Crippen LogP contribution >= 0.6 is 0 Å². The molecule has 0 amide bonds. The summed E-state index contributed by atoms with van der Waals surface area (Å²) >= 11 is 0. The summed E-state index contributed by atoms with van der Waals surface area (Å²) in [5.41, 5.74) is 3.34. The molecule has 0 saturated carbocycles. The van der Waals surface area contributed by atoms with Gasteiger partial charge in [-0.05, 0) is 46.2 Å². The second-order valence-electron chi connectivity index (χ2n) is 5.20. The fourth-order valence-corrected chi connectivity index (χ4v) is 2.41. The van der Waals surface area contributed by atoms with Crippen LogP contribution in [0, 0.1) is 13.8 Å². The summed E-state index contributed by atoms with van der Waals surface area (Å²) in [6, 6.07) is 4.51. The molecule has 1 unspecified atom stereocenters. The van der Waals surface area contributed by atoms with Crippen molar-refractivity contribution in [2.45, 2.75) is 53.1 Å². The Morgan fingerprint density at radius 1 is 1.37 bits per heavy atom. The van der Waals surface area contributed by atoms with Gasteiger partial charge in [-0.2, -0.15) is 5.10 Å². The zero-order valence-electron chi connectivity index (χ0n) is 12.4. The van der Waals surface area contributed by atoms with Crippen molar-refractivity contribution < 1.29 is 4.42 Å². The molecule has 2 aromatic rings. The molecule has 1 N–H and O–H groups in total. The van der Waals surface area contributed by atoms with Crippen LogP contribution in [0.1, 0.15) is 56.4 Å². The van der Waals surface area contributed by atoms with E-state index < -0.39 is 0 Å². The molecule has 2 rings (SSSR count). The molecule has 2 aromatic heterocycles. The first-order valence-corrected chi connectivity index (χ1v) is 6.90. The minimum absolute atomic E-state index is 0.192. The predicted molar refractivity (Wildman–Crippen MR) is 77.4 cm³/mol. The molecule has 1 atom stereocenters. The number of rotatable bonds is 5. The number of nitrogens with zero attached hydrogens (tertiary/aromatic N) is 2. The SMILES string of the molecule is CCC(Nc1c(C)nn(C(C)C)c1C)c1ccco1. The number of anilines is 1. The highest BCUT2D eigenvalue weighted by Crippen LogP contribution is 2.28. The Morgan fingerprint density at radius 2 is 2.11 bits per heavy atom. The predicted octanol–water partition coefficient (Wildman–Crippen LogP) is 4.24. The molecule has 0 bridgehead atoms. The third kappa shape index (κ3) is 2.67. The van der Waals surface area contributed by atoms with Crippen LogP contribution in [0.15, 0.2) is 22.8 Å². The Bertz CT molecular complexity index is 526. The van der Waals surface area contributed by atoms with Gasteiger partial charge in [-0.3, -0.25) is 4.68 Å². The third-order valence-electron chi connectivity index (χ3n) is 3.43. The van der Waals surface area contributed by atoms with Crippen molar-refractivity contribution in [3.05, 3.63) is 35.5 Å². The molecule has 2 heterocycles. The summed E-state index contributed by atoms with van der Waals surface area (Å²) in [6.07, 6.45) is 2.69. The molecule has 4 nitrogen and oxygen atoms in total. The summed E-state index contributed by atoms with van der Waals surface area (Å²) in [5.74, 6) is 0.971. The van der Waals surface area contributed by atoms with Gasteiger partial charge in [0, 0.05) is 6.04 Å². The maximum Gasteiger partial charge on any atom is 0.125 e. The summed E-state index contributed by atoms with van der Waals surface area (Å²) < 4.78 is 7.57. The van der Waals surface area contributed by atoms with Crippen LogP contribution < -0.4 is 5.32 Å². The van der Waals surface area contributed by atoms with Gasteiger partial charge in [0.15, 0.2) is 0 Å². The highest BCUT2D eigenvalue weighted by atomic mass is 16.3. The summed E-state index contributed by atoms with van der Waals surface area (Å²) in [4.78, 5) is 0. The van der Waals surface area contributed by atoms with E-state index in [2.05, 4.69) is 42.8 Å². The van der Waals surface area contributed by atoms with Crippen LogP contribution in [0.25, 0.3) is 0 Å². The topological polar surface area (TPSA) is 43.0 Å². The number of aryl methyl sites for hydroxylation is 1. The van der Waals surface area contributed by atoms with Gasteiger partial charge in [0.25, 0.3) is 0 Å². The normalized spacial score (nSPS) is 12.9. The van der Waals surface area contributed by atoms with Gasteiger partial charge in [0.2, 0.25) is 0 Å². The molecule has 0 aliphatic carbocycles. The zero-order valence-corrected chi connectivity index (χ0v) is 12.4. The molecular formula is C15H23N3O. The highest BCUT2D eigenvalue weighted by molar-refractivity contribution is 5.53. The minimum Gasteiger partial charge on any atom is -0.467 e. The van der Waals surface area contributed by atoms with E-state index >= 15 is 0 Å². The van der Waals surface area contributed by atoms with E-state index in [-0.39, 0.29) is 6.04 Å². The average molecular weight is 261 g/mol. The Kier molecular flexibility index (Phi) is 3.98. The Labute approximate surface area is 114 Å². The van der Waals surface area contributed by atoms with E-state index in [4.69, 9.17) is 4.42 Å². The first-order valence-electron chi connectivity index (χ1n) is 6.90. The maximum absolute atomic E-state index is 5.50. The summed E-state index contributed by atoms with van der Waals surface area (Å²) in [5, 5.41) is 8.17. The fraction of sp³-hybridized carbons (Fsp3) is 0.533. The van der Waals surface area contributed by atoms with Crippen molar-refractivity contribution in [2.75, 3.05) is 5.32 Å². The van der Waals surface area contributed by atoms with Crippen LogP contribution in [-0.2, 0) is 0 Å². The van der Waals surface area contributed by atoms with E-state index in [0.717, 1.165) is 23.6 Å². The van der Waals surface area contributed by atoms with Gasteiger partial charge in [-0.15, -0.1) is 0 Å². The van der Waals surface area contributed by atoms with E-state index in [1.807, 2.05) is 19.1 Å². The summed E-state index contributed by atoms with van der Waals surface area (Å²) in [7, 11) is 0. The average Bonchev–Trinajstić information content (AvgIpc) is 2.97. The first kappa shape index (κ1) is 13.7. The zero-order chi connectivity index (χ0) is 14.0. The van der Waals surface area contributed by atoms with Crippen molar-refractivity contribution in [1.29, 1.82) is 0 Å². The lowest BCUT2D eigenvalue weighted by atomic mass is 10.1. The van der Waals surface area contributed by atoms with Crippen molar-refractivity contribution in [2.24, 2.45) is 0 Å². The van der Waals surface area contributed by atoms with E-state index in [1.165, 1.54) is 5.69 Å². The van der Waals surface area contributed by atoms with Gasteiger partial charge in [0.1, 0.15) is 5.76 Å². The number of hydrogen-bond acceptors (Lipinski definition) is 3. The van der Waals surface area contributed by atoms with Gasteiger partial charge in [-0.1, -0.05) is 6.92 Å². The molecule has 0 radical (unpaired) electrons. The molecule has 0 spiro atoms. The minimum atomic E-state index is 0.192. The monoisotopic (exact) mass is 261 g/mol. The molecule has 104 valence electrons.